The molecule has 1 aliphatic heterocycles. The molecule has 4 nitrogen and oxygen atoms in total. The van der Waals surface area contributed by atoms with Crippen molar-refractivity contribution in [3.05, 3.63) is 54.6 Å². The lowest BCUT2D eigenvalue weighted by molar-refractivity contribution is 0.154. The van der Waals surface area contributed by atoms with Crippen molar-refractivity contribution in [2.24, 2.45) is 0 Å². The number of para-hydroxylation sites is 1. The maximum absolute atomic E-state index is 10.0. The monoisotopic (exact) mass is 305 g/mol. The van der Waals surface area contributed by atoms with E-state index < -0.39 is 0 Å². The highest BCUT2D eigenvalue weighted by Gasteiger charge is 2.21. The summed E-state index contributed by atoms with van der Waals surface area (Å²) in [6.07, 6.45) is 1.57. The molecule has 0 spiro atoms. The van der Waals surface area contributed by atoms with E-state index in [-0.39, 0.29) is 6.10 Å². The molecule has 4 rings (SSSR count). The zero-order valence-electron chi connectivity index (χ0n) is 12.9. The van der Waals surface area contributed by atoms with E-state index in [9.17, 15) is 5.11 Å². The van der Waals surface area contributed by atoms with Crippen molar-refractivity contribution in [1.29, 1.82) is 0 Å². The molecule has 0 saturated carbocycles. The molecular formula is C19H19N3O. The Kier molecular flexibility index (Phi) is 3.67. The molecule has 0 bridgehead atoms. The maximum Gasteiger partial charge on any atom is 0.162 e. The Labute approximate surface area is 135 Å². The minimum Gasteiger partial charge on any atom is -0.391 e. The molecule has 2 aromatic carbocycles. The van der Waals surface area contributed by atoms with Gasteiger partial charge < -0.3 is 10.0 Å². The fourth-order valence-corrected chi connectivity index (χ4v) is 3.16. The first-order valence-corrected chi connectivity index (χ1v) is 8.06. The van der Waals surface area contributed by atoms with Gasteiger partial charge in [0, 0.05) is 24.0 Å². The van der Waals surface area contributed by atoms with Crippen LogP contribution in [0.1, 0.15) is 12.8 Å². The van der Waals surface area contributed by atoms with Crippen LogP contribution < -0.4 is 4.90 Å². The molecule has 0 aliphatic carbocycles. The number of aliphatic hydroxyl groups is 1. The second-order valence-corrected chi connectivity index (χ2v) is 6.00. The normalized spacial score (nSPS) is 18.3. The molecule has 0 radical (unpaired) electrons. The fraction of sp³-hybridized carbons (Fsp3) is 0.263. The maximum atomic E-state index is 10.0. The molecule has 3 aromatic rings. The summed E-state index contributed by atoms with van der Waals surface area (Å²) in [5.74, 6) is 1.66. The lowest BCUT2D eigenvalue weighted by Crippen LogP contribution is -2.38. The van der Waals surface area contributed by atoms with E-state index >= 15 is 0 Å². The third-order valence-electron chi connectivity index (χ3n) is 4.31. The number of fused-ring (bicyclic) bond motifs is 1. The van der Waals surface area contributed by atoms with E-state index in [1.54, 1.807) is 0 Å². The standard InChI is InChI=1S/C19H19N3O/c23-15-9-6-12-22(13-15)19-16-10-4-5-11-17(16)20-18(21-19)14-7-2-1-3-8-14/h1-5,7-8,10-11,15,23H,6,9,12-13H2. The third-order valence-corrected chi connectivity index (χ3v) is 4.31. The van der Waals surface area contributed by atoms with Crippen molar-refractivity contribution in [2.45, 2.75) is 18.9 Å². The average Bonchev–Trinajstić information content (AvgIpc) is 2.61. The van der Waals surface area contributed by atoms with E-state index in [1.807, 2.05) is 48.5 Å². The van der Waals surface area contributed by atoms with E-state index in [2.05, 4.69) is 11.0 Å². The molecule has 0 amide bonds. The van der Waals surface area contributed by atoms with Gasteiger partial charge in [0.2, 0.25) is 0 Å². The highest BCUT2D eigenvalue weighted by atomic mass is 16.3. The topological polar surface area (TPSA) is 49.2 Å². The number of aromatic nitrogens is 2. The summed E-state index contributed by atoms with van der Waals surface area (Å²) in [4.78, 5) is 11.7. The highest BCUT2D eigenvalue weighted by Crippen LogP contribution is 2.29. The van der Waals surface area contributed by atoms with Gasteiger partial charge in [-0.25, -0.2) is 9.97 Å². The number of hydrogen-bond acceptors (Lipinski definition) is 4. The van der Waals surface area contributed by atoms with Crippen molar-refractivity contribution in [3.8, 4) is 11.4 Å². The molecule has 2 heterocycles. The minimum atomic E-state index is -0.280. The van der Waals surface area contributed by atoms with Crippen LogP contribution in [0.2, 0.25) is 0 Å². The molecule has 4 heteroatoms. The van der Waals surface area contributed by atoms with Gasteiger partial charge in [-0.15, -0.1) is 0 Å². The summed E-state index contributed by atoms with van der Waals surface area (Å²) in [6.45, 7) is 1.56. The number of aliphatic hydroxyl groups excluding tert-OH is 1. The Hall–Kier alpha value is -2.46. The fourth-order valence-electron chi connectivity index (χ4n) is 3.16. The average molecular weight is 305 g/mol. The minimum absolute atomic E-state index is 0.280. The van der Waals surface area contributed by atoms with Crippen LogP contribution in [0.4, 0.5) is 5.82 Å². The molecule has 1 atom stereocenters. The summed E-state index contributed by atoms with van der Waals surface area (Å²) in [7, 11) is 0. The molecule has 1 aromatic heterocycles. The molecule has 1 N–H and O–H groups in total. The first-order valence-electron chi connectivity index (χ1n) is 8.06. The molecule has 1 saturated heterocycles. The van der Waals surface area contributed by atoms with Crippen LogP contribution in [-0.4, -0.2) is 34.3 Å². The van der Waals surface area contributed by atoms with Crippen LogP contribution in [0.3, 0.4) is 0 Å². The predicted molar refractivity (Wildman–Crippen MR) is 92.4 cm³/mol. The van der Waals surface area contributed by atoms with Gasteiger partial charge in [0.15, 0.2) is 5.82 Å². The number of nitrogens with zero attached hydrogens (tertiary/aromatic N) is 3. The largest absolute Gasteiger partial charge is 0.391 e. The van der Waals surface area contributed by atoms with Gasteiger partial charge in [0.25, 0.3) is 0 Å². The van der Waals surface area contributed by atoms with Gasteiger partial charge in [-0.3, -0.25) is 0 Å². The van der Waals surface area contributed by atoms with Crippen LogP contribution in [-0.2, 0) is 0 Å². The van der Waals surface area contributed by atoms with Crippen LogP contribution >= 0.6 is 0 Å². The van der Waals surface area contributed by atoms with E-state index in [0.29, 0.717) is 6.54 Å². The second kappa shape index (κ2) is 5.97. The van der Waals surface area contributed by atoms with Crippen molar-refractivity contribution < 1.29 is 5.11 Å². The Morgan fingerprint density at radius 1 is 0.957 bits per heavy atom. The van der Waals surface area contributed by atoms with Gasteiger partial charge in [-0.05, 0) is 25.0 Å². The summed E-state index contributed by atoms with van der Waals surface area (Å²) in [5, 5.41) is 11.1. The number of hydrogen-bond donors (Lipinski definition) is 1. The lowest BCUT2D eigenvalue weighted by Gasteiger charge is -2.31. The summed E-state index contributed by atoms with van der Waals surface area (Å²) in [6, 6.07) is 18.1. The van der Waals surface area contributed by atoms with Gasteiger partial charge >= 0.3 is 0 Å². The van der Waals surface area contributed by atoms with Crippen molar-refractivity contribution in [1.82, 2.24) is 9.97 Å². The summed E-state index contributed by atoms with van der Waals surface area (Å²) >= 11 is 0. The van der Waals surface area contributed by atoms with Gasteiger partial charge in [-0.1, -0.05) is 42.5 Å². The molecule has 23 heavy (non-hydrogen) atoms. The van der Waals surface area contributed by atoms with E-state index in [1.165, 1.54) is 0 Å². The first kappa shape index (κ1) is 14.2. The number of benzene rings is 2. The first-order chi connectivity index (χ1) is 11.3. The Bertz CT molecular complexity index is 819. The predicted octanol–water partition coefficient (Wildman–Crippen LogP) is 3.26. The SMILES string of the molecule is OC1CCCN(c2nc(-c3ccccc3)nc3ccccc23)C1. The van der Waals surface area contributed by atoms with Crippen molar-refractivity contribution in [2.75, 3.05) is 18.0 Å². The summed E-state index contributed by atoms with van der Waals surface area (Å²) in [5.41, 5.74) is 1.95. The number of β-amino-alcohol motifs (C(OH)–C–C–N with tert-alkyl or cyclic N) is 1. The van der Waals surface area contributed by atoms with Crippen molar-refractivity contribution in [3.63, 3.8) is 0 Å². The Morgan fingerprint density at radius 3 is 2.57 bits per heavy atom. The third kappa shape index (κ3) is 2.78. The molecule has 1 fully saturated rings. The van der Waals surface area contributed by atoms with Gasteiger partial charge in [0.05, 0.1) is 11.6 Å². The zero-order chi connectivity index (χ0) is 15.6. The molecule has 116 valence electrons. The lowest BCUT2D eigenvalue weighted by atomic mass is 10.1. The van der Waals surface area contributed by atoms with Gasteiger partial charge in [-0.2, -0.15) is 0 Å². The van der Waals surface area contributed by atoms with Gasteiger partial charge in [0.1, 0.15) is 5.82 Å². The Morgan fingerprint density at radius 2 is 1.74 bits per heavy atom. The number of anilines is 1. The molecule has 1 unspecified atom stereocenters. The Balaban J connectivity index is 1.87. The molecule has 1 aliphatic rings. The smallest absolute Gasteiger partial charge is 0.162 e. The van der Waals surface area contributed by atoms with Crippen LogP contribution in [0.5, 0.6) is 0 Å². The number of rotatable bonds is 2. The second-order valence-electron chi connectivity index (χ2n) is 6.00. The zero-order valence-corrected chi connectivity index (χ0v) is 12.9. The van der Waals surface area contributed by atoms with Crippen molar-refractivity contribution >= 4 is 16.7 Å². The van der Waals surface area contributed by atoms with E-state index in [0.717, 1.165) is 47.5 Å². The highest BCUT2D eigenvalue weighted by molar-refractivity contribution is 5.91. The van der Waals surface area contributed by atoms with Crippen LogP contribution in [0, 0.1) is 0 Å². The van der Waals surface area contributed by atoms with E-state index in [4.69, 9.17) is 9.97 Å². The molecular weight excluding hydrogens is 286 g/mol. The number of piperidine rings is 1. The summed E-state index contributed by atoms with van der Waals surface area (Å²) < 4.78 is 0. The van der Waals surface area contributed by atoms with Crippen LogP contribution in [0.25, 0.3) is 22.3 Å². The van der Waals surface area contributed by atoms with Crippen LogP contribution in [0.15, 0.2) is 54.6 Å². The quantitative estimate of drug-likeness (QED) is 0.789.